The minimum absolute atomic E-state index is 0.0453. The molecular weight excluding hydrogens is 447 g/mol. The first-order chi connectivity index (χ1) is 14.4. The van der Waals surface area contributed by atoms with E-state index < -0.39 is 0 Å². The van der Waals surface area contributed by atoms with Gasteiger partial charge in [-0.1, -0.05) is 35.0 Å². The summed E-state index contributed by atoms with van der Waals surface area (Å²) in [5, 5.41) is 4.01. The van der Waals surface area contributed by atoms with Crippen molar-refractivity contribution >= 4 is 57.6 Å². The smallest absolute Gasteiger partial charge is 0.278 e. The lowest BCUT2D eigenvalue weighted by Gasteiger charge is -2.11. The maximum absolute atomic E-state index is 13.0. The second-order valence-corrected chi connectivity index (χ2v) is 8.39. The number of furan rings is 1. The Bertz CT molecular complexity index is 1260. The lowest BCUT2D eigenvalue weighted by Crippen LogP contribution is -2.24. The van der Waals surface area contributed by atoms with Gasteiger partial charge in [-0.25, -0.2) is 4.98 Å². The molecule has 0 fully saturated rings. The minimum Gasteiger partial charge on any atom is -0.467 e. The summed E-state index contributed by atoms with van der Waals surface area (Å²) < 4.78 is 6.87. The third-order valence-electron chi connectivity index (χ3n) is 4.21. The molecule has 2 N–H and O–H groups in total. The summed E-state index contributed by atoms with van der Waals surface area (Å²) in [5.41, 5.74) is 2.07. The lowest BCUT2D eigenvalue weighted by molar-refractivity contribution is -0.113. The molecule has 1 aromatic carbocycles. The fourth-order valence-electron chi connectivity index (χ4n) is 2.97. The standard InChI is InChI=1S/C20H16Cl2N4O3S/c1-11-5-16-18(23-11)19(28)26(9-15-3-2-4-29-15)20(25-16)30-10-17(27)24-14-7-12(21)6-13(22)8-14/h2-8,23H,9-10H2,1H3,(H,24,27). The number of thioether (sulfide) groups is 1. The van der Waals surface area contributed by atoms with Gasteiger partial charge in [-0.2, -0.15) is 0 Å². The highest BCUT2D eigenvalue weighted by molar-refractivity contribution is 7.99. The van der Waals surface area contributed by atoms with Gasteiger partial charge in [-0.05, 0) is 43.3 Å². The number of carbonyl (C=O) groups excluding carboxylic acids is 1. The number of hydrogen-bond acceptors (Lipinski definition) is 5. The molecule has 0 unspecified atom stereocenters. The molecule has 4 aromatic rings. The number of carbonyl (C=O) groups is 1. The Morgan fingerprint density at radius 1 is 1.27 bits per heavy atom. The summed E-state index contributed by atoms with van der Waals surface area (Å²) in [5.74, 6) is 0.382. The number of aryl methyl sites for hydroxylation is 1. The SMILES string of the molecule is Cc1cc2nc(SCC(=O)Nc3cc(Cl)cc(Cl)c3)n(Cc3ccco3)c(=O)c2[nH]1. The number of hydrogen-bond donors (Lipinski definition) is 2. The van der Waals surface area contributed by atoms with Crippen LogP contribution in [0.2, 0.25) is 10.0 Å². The van der Waals surface area contributed by atoms with E-state index in [4.69, 9.17) is 27.6 Å². The minimum atomic E-state index is -0.275. The number of nitrogens with zero attached hydrogens (tertiary/aromatic N) is 2. The molecule has 0 atom stereocenters. The van der Waals surface area contributed by atoms with Gasteiger partial charge < -0.3 is 14.7 Å². The van der Waals surface area contributed by atoms with Crippen molar-refractivity contribution in [3.63, 3.8) is 0 Å². The Kier molecular flexibility index (Phi) is 5.90. The number of amides is 1. The Labute approximate surface area is 185 Å². The maximum atomic E-state index is 13.0. The molecule has 0 aliphatic heterocycles. The Hall–Kier alpha value is -2.68. The van der Waals surface area contributed by atoms with Crippen LogP contribution >= 0.6 is 35.0 Å². The monoisotopic (exact) mass is 462 g/mol. The first-order valence-electron chi connectivity index (χ1n) is 8.90. The van der Waals surface area contributed by atoms with Crippen molar-refractivity contribution < 1.29 is 9.21 Å². The van der Waals surface area contributed by atoms with Crippen molar-refractivity contribution in [3.8, 4) is 0 Å². The van der Waals surface area contributed by atoms with E-state index in [0.717, 1.165) is 17.5 Å². The summed E-state index contributed by atoms with van der Waals surface area (Å²) in [6.07, 6.45) is 1.54. The normalized spacial score (nSPS) is 11.2. The molecule has 3 heterocycles. The molecule has 7 nitrogen and oxygen atoms in total. The molecule has 0 saturated heterocycles. The predicted octanol–water partition coefficient (Wildman–Crippen LogP) is 4.71. The van der Waals surface area contributed by atoms with Gasteiger partial charge in [0.25, 0.3) is 5.56 Å². The number of fused-ring (bicyclic) bond motifs is 1. The Balaban J connectivity index is 1.59. The number of benzene rings is 1. The van der Waals surface area contributed by atoms with Crippen LogP contribution in [0.5, 0.6) is 0 Å². The summed E-state index contributed by atoms with van der Waals surface area (Å²) in [6.45, 7) is 2.06. The Morgan fingerprint density at radius 3 is 2.73 bits per heavy atom. The van der Waals surface area contributed by atoms with Gasteiger partial charge in [0.05, 0.1) is 24.1 Å². The third kappa shape index (κ3) is 4.56. The summed E-state index contributed by atoms with van der Waals surface area (Å²) >= 11 is 13.1. The van der Waals surface area contributed by atoms with E-state index in [0.29, 0.717) is 37.7 Å². The zero-order chi connectivity index (χ0) is 21.3. The number of halogens is 2. The van der Waals surface area contributed by atoms with Crippen LogP contribution in [0, 0.1) is 6.92 Å². The first-order valence-corrected chi connectivity index (χ1v) is 10.6. The lowest BCUT2D eigenvalue weighted by atomic mass is 10.3. The first kappa shape index (κ1) is 20.6. The number of nitrogens with one attached hydrogen (secondary N) is 2. The van der Waals surface area contributed by atoms with Crippen molar-refractivity contribution in [2.45, 2.75) is 18.6 Å². The molecule has 0 saturated carbocycles. The summed E-state index contributed by atoms with van der Waals surface area (Å²) in [7, 11) is 0. The molecular formula is C20H16Cl2N4O3S. The van der Waals surface area contributed by atoms with E-state index in [9.17, 15) is 9.59 Å². The van der Waals surface area contributed by atoms with Gasteiger partial charge in [0, 0.05) is 21.4 Å². The van der Waals surface area contributed by atoms with Gasteiger partial charge >= 0.3 is 0 Å². The van der Waals surface area contributed by atoms with Gasteiger partial charge in [0.2, 0.25) is 5.91 Å². The van der Waals surface area contributed by atoms with E-state index in [2.05, 4.69) is 15.3 Å². The fourth-order valence-corrected chi connectivity index (χ4v) is 4.30. The highest BCUT2D eigenvalue weighted by Crippen LogP contribution is 2.24. The van der Waals surface area contributed by atoms with Crippen molar-refractivity contribution in [2.24, 2.45) is 0 Å². The second-order valence-electron chi connectivity index (χ2n) is 6.57. The largest absolute Gasteiger partial charge is 0.467 e. The maximum Gasteiger partial charge on any atom is 0.278 e. The molecule has 1 amide bonds. The zero-order valence-electron chi connectivity index (χ0n) is 15.7. The van der Waals surface area contributed by atoms with E-state index in [1.807, 2.05) is 6.92 Å². The summed E-state index contributed by atoms with van der Waals surface area (Å²) in [4.78, 5) is 33.1. The van der Waals surface area contributed by atoms with Gasteiger partial charge in [-0.15, -0.1) is 0 Å². The van der Waals surface area contributed by atoms with Crippen molar-refractivity contribution in [1.82, 2.24) is 14.5 Å². The van der Waals surface area contributed by atoms with E-state index in [1.54, 1.807) is 42.7 Å². The van der Waals surface area contributed by atoms with Crippen LogP contribution in [0.1, 0.15) is 11.5 Å². The van der Waals surface area contributed by atoms with Crippen LogP contribution in [0.4, 0.5) is 5.69 Å². The molecule has 10 heteroatoms. The van der Waals surface area contributed by atoms with Crippen LogP contribution in [-0.4, -0.2) is 26.2 Å². The van der Waals surface area contributed by atoms with Gasteiger partial charge in [0.15, 0.2) is 5.16 Å². The van der Waals surface area contributed by atoms with E-state index >= 15 is 0 Å². The Morgan fingerprint density at radius 2 is 2.03 bits per heavy atom. The van der Waals surface area contributed by atoms with Crippen molar-refractivity contribution in [2.75, 3.05) is 11.1 Å². The van der Waals surface area contributed by atoms with Crippen molar-refractivity contribution in [3.05, 3.63) is 74.5 Å². The molecule has 0 aliphatic rings. The van der Waals surface area contributed by atoms with Crippen molar-refractivity contribution in [1.29, 1.82) is 0 Å². The quantitative estimate of drug-likeness (QED) is 0.319. The molecule has 0 bridgehead atoms. The van der Waals surface area contributed by atoms with E-state index in [1.165, 1.54) is 4.57 Å². The molecule has 154 valence electrons. The topological polar surface area (TPSA) is 92.9 Å². The number of aromatic nitrogens is 3. The third-order valence-corrected chi connectivity index (χ3v) is 5.62. The highest BCUT2D eigenvalue weighted by Gasteiger charge is 2.16. The number of aromatic amines is 1. The average molecular weight is 463 g/mol. The van der Waals surface area contributed by atoms with Crippen LogP contribution in [0.25, 0.3) is 11.0 Å². The fraction of sp³-hybridized carbons (Fsp3) is 0.150. The number of anilines is 1. The van der Waals surface area contributed by atoms with Gasteiger partial charge in [0.1, 0.15) is 11.3 Å². The predicted molar refractivity (Wildman–Crippen MR) is 119 cm³/mol. The molecule has 0 spiro atoms. The number of rotatable bonds is 6. The molecule has 0 aliphatic carbocycles. The van der Waals surface area contributed by atoms with Crippen LogP contribution < -0.4 is 10.9 Å². The molecule has 4 rings (SSSR count). The molecule has 0 radical (unpaired) electrons. The molecule has 30 heavy (non-hydrogen) atoms. The van der Waals surface area contributed by atoms with Crippen LogP contribution in [0.3, 0.4) is 0 Å². The van der Waals surface area contributed by atoms with E-state index in [-0.39, 0.29) is 23.8 Å². The zero-order valence-corrected chi connectivity index (χ0v) is 18.1. The number of H-pyrrole nitrogens is 1. The van der Waals surface area contributed by atoms with Gasteiger partial charge in [-0.3, -0.25) is 14.2 Å². The molecule has 3 aromatic heterocycles. The highest BCUT2D eigenvalue weighted by atomic mass is 35.5. The second kappa shape index (κ2) is 8.59. The summed E-state index contributed by atoms with van der Waals surface area (Å²) in [6, 6.07) is 10.1. The van der Waals surface area contributed by atoms with Crippen LogP contribution in [-0.2, 0) is 11.3 Å². The average Bonchev–Trinajstić information content (AvgIpc) is 3.31. The van der Waals surface area contributed by atoms with Crippen LogP contribution in [0.15, 0.2) is 57.0 Å².